The molecule has 0 aromatic heterocycles. The van der Waals surface area contributed by atoms with Crippen molar-refractivity contribution in [3.05, 3.63) is 64.7 Å². The lowest BCUT2D eigenvalue weighted by Crippen LogP contribution is -2.19. The fourth-order valence-corrected chi connectivity index (χ4v) is 3.19. The van der Waals surface area contributed by atoms with Crippen LogP contribution in [0.3, 0.4) is 0 Å². The molecule has 0 saturated carbocycles. The number of hydrogen-bond donors (Lipinski definition) is 0. The minimum atomic E-state index is -0.385. The standard InChI is InChI=1S/C16H13Br2ClO2/c1-21-13-7-5-10(6-8-13)16(20)15(18)14(17)11-3-2-4-12(19)9-11/h2-9,14-15H,1H3. The van der Waals surface area contributed by atoms with Gasteiger partial charge in [0.15, 0.2) is 5.78 Å². The van der Waals surface area contributed by atoms with E-state index in [0.29, 0.717) is 10.6 Å². The molecule has 0 N–H and O–H groups in total. The van der Waals surface area contributed by atoms with Crippen LogP contribution in [0.25, 0.3) is 0 Å². The summed E-state index contributed by atoms with van der Waals surface area (Å²) in [7, 11) is 1.60. The molecule has 0 heterocycles. The smallest absolute Gasteiger partial charge is 0.177 e. The summed E-state index contributed by atoms with van der Waals surface area (Å²) in [6, 6.07) is 14.5. The maximum absolute atomic E-state index is 12.5. The van der Waals surface area contributed by atoms with E-state index in [-0.39, 0.29) is 15.4 Å². The summed E-state index contributed by atoms with van der Waals surface area (Å²) >= 11 is 13.0. The van der Waals surface area contributed by atoms with Crippen LogP contribution in [0.5, 0.6) is 5.75 Å². The molecule has 0 radical (unpaired) electrons. The number of alkyl halides is 2. The maximum atomic E-state index is 12.5. The SMILES string of the molecule is COc1ccc(C(=O)C(Br)C(Br)c2cccc(Cl)c2)cc1. The van der Waals surface area contributed by atoms with Crippen LogP contribution in [0.2, 0.25) is 5.02 Å². The second kappa shape index (κ2) is 7.43. The van der Waals surface area contributed by atoms with E-state index >= 15 is 0 Å². The lowest BCUT2D eigenvalue weighted by Gasteiger charge is -2.16. The molecule has 2 aromatic rings. The average molecular weight is 433 g/mol. The maximum Gasteiger partial charge on any atom is 0.177 e. The summed E-state index contributed by atoms with van der Waals surface area (Å²) in [5, 5.41) is 0.647. The Balaban J connectivity index is 2.17. The average Bonchev–Trinajstić information content (AvgIpc) is 2.53. The van der Waals surface area contributed by atoms with Gasteiger partial charge in [-0.15, -0.1) is 0 Å². The van der Waals surface area contributed by atoms with Gasteiger partial charge in [0.25, 0.3) is 0 Å². The number of hydrogen-bond acceptors (Lipinski definition) is 2. The first-order chi connectivity index (χ1) is 10.0. The first-order valence-electron chi connectivity index (χ1n) is 6.25. The number of ketones is 1. The molecule has 0 bridgehead atoms. The molecule has 0 spiro atoms. The van der Waals surface area contributed by atoms with E-state index < -0.39 is 0 Å². The largest absolute Gasteiger partial charge is 0.497 e. The summed E-state index contributed by atoms with van der Waals surface area (Å²) in [6.07, 6.45) is 0. The molecule has 0 saturated heterocycles. The van der Waals surface area contributed by atoms with Crippen molar-refractivity contribution in [3.8, 4) is 5.75 Å². The van der Waals surface area contributed by atoms with Crippen LogP contribution >= 0.6 is 43.5 Å². The van der Waals surface area contributed by atoms with Crippen LogP contribution < -0.4 is 4.74 Å². The van der Waals surface area contributed by atoms with Crippen LogP contribution in [-0.2, 0) is 0 Å². The Hall–Kier alpha value is -0.840. The second-order valence-electron chi connectivity index (χ2n) is 4.45. The van der Waals surface area contributed by atoms with Crippen LogP contribution in [0.1, 0.15) is 20.7 Å². The van der Waals surface area contributed by atoms with Crippen molar-refractivity contribution in [3.63, 3.8) is 0 Å². The molecule has 21 heavy (non-hydrogen) atoms. The van der Waals surface area contributed by atoms with Gasteiger partial charge < -0.3 is 4.74 Å². The first kappa shape index (κ1) is 16.5. The number of halogens is 3. The predicted molar refractivity (Wildman–Crippen MR) is 93.2 cm³/mol. The van der Waals surface area contributed by atoms with E-state index in [4.69, 9.17) is 16.3 Å². The van der Waals surface area contributed by atoms with Gasteiger partial charge in [-0.25, -0.2) is 0 Å². The molecule has 0 aliphatic carbocycles. The van der Waals surface area contributed by atoms with Gasteiger partial charge >= 0.3 is 0 Å². The van der Waals surface area contributed by atoms with E-state index in [0.717, 1.165) is 11.3 Å². The van der Waals surface area contributed by atoms with Crippen molar-refractivity contribution in [2.24, 2.45) is 0 Å². The van der Waals surface area contributed by atoms with Crippen molar-refractivity contribution in [2.45, 2.75) is 9.65 Å². The van der Waals surface area contributed by atoms with Gasteiger partial charge in [0.2, 0.25) is 0 Å². The Morgan fingerprint density at radius 1 is 1.14 bits per heavy atom. The number of ether oxygens (including phenoxy) is 1. The Kier molecular flexibility index (Phi) is 5.85. The van der Waals surface area contributed by atoms with Crippen molar-refractivity contribution < 1.29 is 9.53 Å². The van der Waals surface area contributed by atoms with Gasteiger partial charge in [-0.2, -0.15) is 0 Å². The van der Waals surface area contributed by atoms with Gasteiger partial charge in [0, 0.05) is 10.6 Å². The van der Waals surface area contributed by atoms with Crippen molar-refractivity contribution in [1.29, 1.82) is 0 Å². The third-order valence-electron chi connectivity index (χ3n) is 3.05. The third-order valence-corrected chi connectivity index (χ3v) is 6.00. The molecule has 0 fully saturated rings. The zero-order valence-corrected chi connectivity index (χ0v) is 15.2. The first-order valence-corrected chi connectivity index (χ1v) is 8.45. The van der Waals surface area contributed by atoms with Crippen LogP contribution in [0, 0.1) is 0 Å². The summed E-state index contributed by atoms with van der Waals surface area (Å²) in [4.78, 5) is 11.9. The molecule has 2 nitrogen and oxygen atoms in total. The minimum absolute atomic E-state index is 0.000460. The minimum Gasteiger partial charge on any atom is -0.497 e. The molecule has 110 valence electrons. The summed E-state index contributed by atoms with van der Waals surface area (Å²) < 4.78 is 5.09. The van der Waals surface area contributed by atoms with E-state index in [9.17, 15) is 4.79 Å². The van der Waals surface area contributed by atoms with Gasteiger partial charge in [-0.05, 0) is 42.0 Å². The normalized spacial score (nSPS) is 13.5. The molecular weight excluding hydrogens is 419 g/mol. The zero-order chi connectivity index (χ0) is 15.4. The fourth-order valence-electron chi connectivity index (χ4n) is 1.89. The number of rotatable bonds is 5. The van der Waals surface area contributed by atoms with Gasteiger partial charge in [-0.3, -0.25) is 4.79 Å². The monoisotopic (exact) mass is 430 g/mol. The molecule has 2 unspecified atom stereocenters. The Labute approximate surface area is 145 Å². The molecule has 2 aromatic carbocycles. The molecule has 0 aliphatic heterocycles. The number of carbonyl (C=O) groups excluding carboxylic acids is 1. The number of Topliss-reactive ketones (excluding diaryl/α,β-unsaturated/α-hetero) is 1. The third kappa shape index (κ3) is 4.09. The lowest BCUT2D eigenvalue weighted by atomic mass is 10.0. The Morgan fingerprint density at radius 3 is 2.38 bits per heavy atom. The summed E-state index contributed by atoms with van der Waals surface area (Å²) in [6.45, 7) is 0. The highest BCUT2D eigenvalue weighted by Crippen LogP contribution is 2.34. The topological polar surface area (TPSA) is 26.3 Å². The van der Waals surface area contributed by atoms with E-state index in [1.54, 1.807) is 37.4 Å². The van der Waals surface area contributed by atoms with Crippen molar-refractivity contribution in [1.82, 2.24) is 0 Å². The quantitative estimate of drug-likeness (QED) is 0.465. The van der Waals surface area contributed by atoms with Crippen molar-refractivity contribution >= 4 is 49.2 Å². The lowest BCUT2D eigenvalue weighted by molar-refractivity contribution is 0.0991. The molecule has 2 atom stereocenters. The van der Waals surface area contributed by atoms with Gasteiger partial charge in [0.1, 0.15) is 5.75 Å². The molecule has 2 rings (SSSR count). The Morgan fingerprint density at radius 2 is 1.81 bits per heavy atom. The molecule has 0 amide bonds. The summed E-state index contributed by atoms with van der Waals surface area (Å²) in [5.41, 5.74) is 1.58. The van der Waals surface area contributed by atoms with Crippen LogP contribution in [0.15, 0.2) is 48.5 Å². The predicted octanol–water partition coefficient (Wildman–Crippen LogP) is 5.43. The van der Waals surface area contributed by atoms with E-state index in [2.05, 4.69) is 31.9 Å². The van der Waals surface area contributed by atoms with Crippen LogP contribution in [-0.4, -0.2) is 17.7 Å². The highest BCUT2D eigenvalue weighted by atomic mass is 79.9. The van der Waals surface area contributed by atoms with E-state index in [1.165, 1.54) is 0 Å². The highest BCUT2D eigenvalue weighted by molar-refractivity contribution is 9.12. The summed E-state index contributed by atoms with van der Waals surface area (Å²) in [5.74, 6) is 0.724. The Bertz CT molecular complexity index is 628. The molecular formula is C16H13Br2ClO2. The van der Waals surface area contributed by atoms with Crippen LogP contribution in [0.4, 0.5) is 0 Å². The zero-order valence-electron chi connectivity index (χ0n) is 11.2. The molecule has 0 aliphatic rings. The second-order valence-corrected chi connectivity index (χ2v) is 6.86. The molecule has 5 heteroatoms. The van der Waals surface area contributed by atoms with Gasteiger partial charge in [0.05, 0.1) is 16.8 Å². The van der Waals surface area contributed by atoms with Crippen molar-refractivity contribution in [2.75, 3.05) is 7.11 Å². The number of benzene rings is 2. The number of carbonyl (C=O) groups is 1. The fraction of sp³-hybridized carbons (Fsp3) is 0.188. The highest BCUT2D eigenvalue weighted by Gasteiger charge is 2.26. The van der Waals surface area contributed by atoms with Gasteiger partial charge in [-0.1, -0.05) is 55.6 Å². The van der Waals surface area contributed by atoms with E-state index in [1.807, 2.05) is 18.2 Å². The number of methoxy groups -OCH3 is 1.